The van der Waals surface area contributed by atoms with Gasteiger partial charge in [0.25, 0.3) is 5.91 Å². The fraction of sp³-hybridized carbons (Fsp3) is 0.364. The molecule has 0 radical (unpaired) electrons. The number of hydrogen-bond acceptors (Lipinski definition) is 5. The molecule has 7 nitrogen and oxygen atoms in total. The van der Waals surface area contributed by atoms with E-state index in [1.807, 2.05) is 52.3 Å². The van der Waals surface area contributed by atoms with Gasteiger partial charge in [0.2, 0.25) is 5.95 Å². The number of nitrogen functional groups attached to an aromatic ring is 1. The molecule has 1 saturated carbocycles. The number of amides is 1. The van der Waals surface area contributed by atoms with E-state index in [4.69, 9.17) is 5.73 Å². The number of fused-ring (bicyclic) bond motifs is 1. The Morgan fingerprint density at radius 3 is 2.72 bits per heavy atom. The van der Waals surface area contributed by atoms with Gasteiger partial charge in [0.05, 0.1) is 11.9 Å². The summed E-state index contributed by atoms with van der Waals surface area (Å²) in [7, 11) is 0. The molecule has 2 N–H and O–H groups in total. The summed E-state index contributed by atoms with van der Waals surface area (Å²) < 4.78 is 1.84. The van der Waals surface area contributed by atoms with Gasteiger partial charge in [-0.3, -0.25) is 4.79 Å². The van der Waals surface area contributed by atoms with E-state index in [2.05, 4.69) is 15.1 Å². The van der Waals surface area contributed by atoms with Gasteiger partial charge in [0.1, 0.15) is 5.69 Å². The van der Waals surface area contributed by atoms with Crippen molar-refractivity contribution in [2.75, 3.05) is 5.73 Å². The maximum absolute atomic E-state index is 13.5. The van der Waals surface area contributed by atoms with Crippen LogP contribution < -0.4 is 5.73 Å². The Bertz CT molecular complexity index is 1040. The van der Waals surface area contributed by atoms with Crippen LogP contribution in [0.2, 0.25) is 0 Å². The second kappa shape index (κ2) is 7.31. The second-order valence-electron chi connectivity index (χ2n) is 7.86. The first-order valence-corrected chi connectivity index (χ1v) is 10.2. The summed E-state index contributed by atoms with van der Waals surface area (Å²) in [5.74, 6) is 0.161. The van der Waals surface area contributed by atoms with Gasteiger partial charge in [0.15, 0.2) is 0 Å². The first-order valence-electron chi connectivity index (χ1n) is 10.2. The Morgan fingerprint density at radius 1 is 1.14 bits per heavy atom. The Hall–Kier alpha value is -3.22. The quantitative estimate of drug-likeness (QED) is 0.726. The molecule has 2 aromatic heterocycles. The average molecular weight is 388 g/mol. The normalized spacial score (nSPS) is 15.7. The minimum Gasteiger partial charge on any atom is -0.368 e. The number of nitrogens with two attached hydrogens (primary N) is 1. The second-order valence-corrected chi connectivity index (χ2v) is 7.86. The number of carbonyl (C=O) groups excluding carboxylic acids is 1. The van der Waals surface area contributed by atoms with Crippen molar-refractivity contribution in [3.63, 3.8) is 0 Å². The van der Waals surface area contributed by atoms with Crippen molar-refractivity contribution in [3.05, 3.63) is 65.2 Å². The summed E-state index contributed by atoms with van der Waals surface area (Å²) in [4.78, 5) is 24.2. The van der Waals surface area contributed by atoms with Gasteiger partial charge in [-0.15, -0.1) is 0 Å². The molecule has 3 aromatic rings. The van der Waals surface area contributed by atoms with E-state index >= 15 is 0 Å². The van der Waals surface area contributed by atoms with Gasteiger partial charge >= 0.3 is 0 Å². The van der Waals surface area contributed by atoms with Crippen LogP contribution in [-0.4, -0.2) is 36.6 Å². The van der Waals surface area contributed by atoms with Crippen LogP contribution in [0.15, 0.2) is 42.7 Å². The van der Waals surface area contributed by atoms with Gasteiger partial charge in [-0.05, 0) is 50.7 Å². The van der Waals surface area contributed by atoms with Crippen molar-refractivity contribution in [1.82, 2.24) is 24.6 Å². The van der Waals surface area contributed by atoms with E-state index in [-0.39, 0.29) is 17.9 Å². The highest BCUT2D eigenvalue weighted by atomic mass is 16.2. The van der Waals surface area contributed by atoms with E-state index < -0.39 is 0 Å². The summed E-state index contributed by atoms with van der Waals surface area (Å²) in [6.45, 7) is 0.523. The summed E-state index contributed by atoms with van der Waals surface area (Å²) in [6, 6.07) is 10.2. The number of carbonyl (C=O) groups is 1. The summed E-state index contributed by atoms with van der Waals surface area (Å²) in [6.07, 6.45) is 9.75. The molecule has 0 aliphatic heterocycles. The molecular formula is C22H24N6O. The van der Waals surface area contributed by atoms with Gasteiger partial charge in [0, 0.05) is 35.6 Å². The van der Waals surface area contributed by atoms with Crippen molar-refractivity contribution in [3.8, 4) is 5.69 Å². The molecule has 7 heteroatoms. The standard InChI is InChI=1S/C22H24N6O/c23-22-25-19-9-5-4-8-18(19)20(26-22)21(29)27(16-10-11-16)13-15-12-24-28(14-15)17-6-2-1-3-7-17/h1-3,6-7,12,14,16H,4-5,8-11,13H2,(H2,23,25,26). The van der Waals surface area contributed by atoms with E-state index in [0.717, 1.165) is 61.0 Å². The number of para-hydroxylation sites is 1. The topological polar surface area (TPSA) is 89.9 Å². The Balaban J connectivity index is 1.43. The maximum atomic E-state index is 13.5. The third-order valence-corrected chi connectivity index (χ3v) is 5.66. The Kier molecular flexibility index (Phi) is 4.50. The van der Waals surface area contributed by atoms with Gasteiger partial charge in [-0.25, -0.2) is 14.6 Å². The highest BCUT2D eigenvalue weighted by molar-refractivity contribution is 5.94. The van der Waals surface area contributed by atoms with Crippen LogP contribution in [0.3, 0.4) is 0 Å². The van der Waals surface area contributed by atoms with Gasteiger partial charge in [-0.1, -0.05) is 18.2 Å². The minimum atomic E-state index is -0.0350. The number of rotatable bonds is 5. The number of nitrogens with zero attached hydrogens (tertiary/aromatic N) is 5. The van der Waals surface area contributed by atoms with E-state index in [1.54, 1.807) is 0 Å². The molecule has 29 heavy (non-hydrogen) atoms. The van der Waals surface area contributed by atoms with Crippen LogP contribution in [0.5, 0.6) is 0 Å². The van der Waals surface area contributed by atoms with E-state index in [9.17, 15) is 4.79 Å². The highest BCUT2D eigenvalue weighted by Gasteiger charge is 2.35. The van der Waals surface area contributed by atoms with Crippen molar-refractivity contribution >= 4 is 11.9 Å². The van der Waals surface area contributed by atoms with Crippen LogP contribution >= 0.6 is 0 Å². The third kappa shape index (κ3) is 3.60. The third-order valence-electron chi connectivity index (χ3n) is 5.66. The molecule has 1 aromatic carbocycles. The predicted octanol–water partition coefficient (Wildman–Crippen LogP) is 2.93. The molecule has 0 atom stereocenters. The Labute approximate surface area is 169 Å². The summed E-state index contributed by atoms with van der Waals surface area (Å²) in [5.41, 5.74) is 10.4. The van der Waals surface area contributed by atoms with Crippen LogP contribution in [0.25, 0.3) is 5.69 Å². The van der Waals surface area contributed by atoms with Crippen molar-refractivity contribution in [1.29, 1.82) is 0 Å². The zero-order valence-corrected chi connectivity index (χ0v) is 16.3. The lowest BCUT2D eigenvalue weighted by atomic mass is 9.94. The lowest BCUT2D eigenvalue weighted by Crippen LogP contribution is -2.34. The van der Waals surface area contributed by atoms with E-state index in [1.165, 1.54) is 0 Å². The smallest absolute Gasteiger partial charge is 0.273 e. The van der Waals surface area contributed by atoms with Gasteiger partial charge < -0.3 is 10.6 Å². The summed E-state index contributed by atoms with van der Waals surface area (Å²) in [5, 5.41) is 4.47. The summed E-state index contributed by atoms with van der Waals surface area (Å²) >= 11 is 0. The molecule has 0 saturated heterocycles. The molecule has 2 heterocycles. The maximum Gasteiger partial charge on any atom is 0.273 e. The number of hydrogen-bond donors (Lipinski definition) is 1. The first-order chi connectivity index (χ1) is 14.2. The molecule has 0 unspecified atom stereocenters. The first kappa shape index (κ1) is 17.8. The highest BCUT2D eigenvalue weighted by Crippen LogP contribution is 2.31. The number of aromatic nitrogens is 4. The lowest BCUT2D eigenvalue weighted by molar-refractivity contribution is 0.0722. The lowest BCUT2D eigenvalue weighted by Gasteiger charge is -2.24. The van der Waals surface area contributed by atoms with E-state index in [0.29, 0.717) is 12.2 Å². The van der Waals surface area contributed by atoms with Crippen LogP contribution in [-0.2, 0) is 19.4 Å². The number of aryl methyl sites for hydroxylation is 1. The van der Waals surface area contributed by atoms with Crippen LogP contribution in [0.1, 0.15) is 53.0 Å². The van der Waals surface area contributed by atoms with Crippen molar-refractivity contribution < 1.29 is 4.79 Å². The fourth-order valence-corrected chi connectivity index (χ4v) is 4.04. The van der Waals surface area contributed by atoms with Crippen LogP contribution in [0, 0.1) is 0 Å². The monoisotopic (exact) mass is 388 g/mol. The Morgan fingerprint density at radius 2 is 1.93 bits per heavy atom. The SMILES string of the molecule is Nc1nc2c(c(C(=O)N(Cc3cnn(-c4ccccc4)c3)C3CC3)n1)CCCC2. The molecule has 0 bridgehead atoms. The molecule has 0 spiro atoms. The predicted molar refractivity (Wildman–Crippen MR) is 110 cm³/mol. The zero-order valence-electron chi connectivity index (χ0n) is 16.3. The number of benzene rings is 1. The molecule has 5 rings (SSSR count). The molecule has 1 amide bonds. The van der Waals surface area contributed by atoms with Gasteiger partial charge in [-0.2, -0.15) is 5.10 Å². The molecule has 148 valence electrons. The largest absolute Gasteiger partial charge is 0.368 e. The zero-order chi connectivity index (χ0) is 19.8. The fourth-order valence-electron chi connectivity index (χ4n) is 4.04. The molecule has 1 fully saturated rings. The van der Waals surface area contributed by atoms with Crippen molar-refractivity contribution in [2.45, 2.75) is 51.1 Å². The molecular weight excluding hydrogens is 364 g/mol. The van der Waals surface area contributed by atoms with Crippen LogP contribution in [0.4, 0.5) is 5.95 Å². The average Bonchev–Trinajstić information content (AvgIpc) is 3.49. The van der Waals surface area contributed by atoms with Crippen molar-refractivity contribution in [2.24, 2.45) is 0 Å². The minimum absolute atomic E-state index is 0.0350. The molecule has 2 aliphatic rings. The number of anilines is 1. The molecule has 2 aliphatic carbocycles.